The molecule has 1 fully saturated rings. The lowest BCUT2D eigenvalue weighted by atomic mass is 10.1. The summed E-state index contributed by atoms with van der Waals surface area (Å²) in [5.41, 5.74) is 1.17. The van der Waals surface area contributed by atoms with Crippen molar-refractivity contribution >= 4 is 15.9 Å². The molecule has 1 N–H and O–H groups in total. The van der Waals surface area contributed by atoms with Crippen LogP contribution < -0.4 is 5.32 Å². The van der Waals surface area contributed by atoms with Crippen LogP contribution in [-0.2, 0) is 0 Å². The van der Waals surface area contributed by atoms with Crippen LogP contribution in [0.15, 0.2) is 22.7 Å². The zero-order valence-corrected chi connectivity index (χ0v) is 12.5. The maximum atomic E-state index is 13.2. The lowest BCUT2D eigenvalue weighted by Crippen LogP contribution is -2.27. The van der Waals surface area contributed by atoms with Crippen LogP contribution in [0.3, 0.4) is 0 Å². The fraction of sp³-hybridized carbons (Fsp3) is 0.571. The molecule has 100 valence electrons. The minimum atomic E-state index is -0.194. The first-order valence-corrected chi connectivity index (χ1v) is 7.24. The Morgan fingerprint density at radius 2 is 2.33 bits per heavy atom. The number of hydrogen-bond acceptors (Lipinski definition) is 2. The van der Waals surface area contributed by atoms with Crippen molar-refractivity contribution in [1.29, 1.82) is 0 Å². The molecule has 1 aliphatic heterocycles. The summed E-state index contributed by atoms with van der Waals surface area (Å²) in [7, 11) is 2.00. The molecule has 1 aromatic rings. The second kappa shape index (κ2) is 6.13. The van der Waals surface area contributed by atoms with E-state index in [0.717, 1.165) is 25.6 Å². The van der Waals surface area contributed by atoms with Crippen molar-refractivity contribution < 1.29 is 4.39 Å². The summed E-state index contributed by atoms with van der Waals surface area (Å²) in [5, 5.41) is 3.24. The fourth-order valence-corrected chi connectivity index (χ4v) is 3.05. The van der Waals surface area contributed by atoms with Crippen molar-refractivity contribution in [2.24, 2.45) is 5.92 Å². The van der Waals surface area contributed by atoms with Crippen LogP contribution in [0.4, 0.5) is 4.39 Å². The minimum Gasteiger partial charge on any atom is -0.319 e. The number of nitrogens with zero attached hydrogens (tertiary/aromatic N) is 1. The topological polar surface area (TPSA) is 15.3 Å². The molecule has 1 saturated heterocycles. The lowest BCUT2D eigenvalue weighted by molar-refractivity contribution is 0.252. The third-order valence-corrected chi connectivity index (χ3v) is 4.39. The van der Waals surface area contributed by atoms with Gasteiger partial charge >= 0.3 is 0 Å². The second-order valence-corrected chi connectivity index (χ2v) is 5.91. The molecule has 2 nitrogen and oxygen atoms in total. The van der Waals surface area contributed by atoms with Crippen molar-refractivity contribution in [3.8, 4) is 0 Å². The zero-order chi connectivity index (χ0) is 13.1. The Kier molecular flexibility index (Phi) is 4.76. The highest BCUT2D eigenvalue weighted by Gasteiger charge is 2.26. The monoisotopic (exact) mass is 314 g/mol. The van der Waals surface area contributed by atoms with Gasteiger partial charge in [-0.2, -0.15) is 0 Å². The highest BCUT2D eigenvalue weighted by molar-refractivity contribution is 9.10. The molecule has 4 heteroatoms. The summed E-state index contributed by atoms with van der Waals surface area (Å²) >= 11 is 3.26. The van der Waals surface area contributed by atoms with Crippen molar-refractivity contribution in [3.05, 3.63) is 34.1 Å². The molecule has 1 aromatic carbocycles. The van der Waals surface area contributed by atoms with E-state index >= 15 is 0 Å². The average Bonchev–Trinajstić information content (AvgIpc) is 2.81. The van der Waals surface area contributed by atoms with Gasteiger partial charge in [-0.15, -0.1) is 0 Å². The Hall–Kier alpha value is -0.450. The van der Waals surface area contributed by atoms with Crippen LogP contribution in [0, 0.1) is 11.7 Å². The maximum absolute atomic E-state index is 13.2. The van der Waals surface area contributed by atoms with Gasteiger partial charge < -0.3 is 5.32 Å². The summed E-state index contributed by atoms with van der Waals surface area (Å²) in [6.07, 6.45) is 1.24. The highest BCUT2D eigenvalue weighted by atomic mass is 79.9. The molecule has 0 amide bonds. The van der Waals surface area contributed by atoms with Gasteiger partial charge in [0, 0.05) is 12.6 Å². The maximum Gasteiger partial charge on any atom is 0.137 e. The summed E-state index contributed by atoms with van der Waals surface area (Å²) in [6, 6.07) is 5.67. The average molecular weight is 315 g/mol. The predicted molar refractivity (Wildman–Crippen MR) is 76.1 cm³/mol. The van der Waals surface area contributed by atoms with E-state index in [1.54, 1.807) is 0 Å². The van der Waals surface area contributed by atoms with E-state index in [2.05, 4.69) is 33.1 Å². The summed E-state index contributed by atoms with van der Waals surface area (Å²) < 4.78 is 13.8. The molecular formula is C14H20BrFN2. The largest absolute Gasteiger partial charge is 0.319 e. The summed E-state index contributed by atoms with van der Waals surface area (Å²) in [4.78, 5) is 2.47. The quantitative estimate of drug-likeness (QED) is 0.918. The Bertz CT molecular complexity index is 411. The number of rotatable bonds is 4. The van der Waals surface area contributed by atoms with E-state index in [-0.39, 0.29) is 5.82 Å². The molecule has 2 atom stereocenters. The lowest BCUT2D eigenvalue weighted by Gasteiger charge is -2.25. The molecule has 0 spiro atoms. The molecule has 18 heavy (non-hydrogen) atoms. The van der Waals surface area contributed by atoms with E-state index in [1.165, 1.54) is 18.1 Å². The van der Waals surface area contributed by atoms with Crippen LogP contribution in [-0.4, -0.2) is 31.6 Å². The van der Waals surface area contributed by atoms with Gasteiger partial charge in [0.15, 0.2) is 0 Å². The first-order valence-electron chi connectivity index (χ1n) is 6.45. The molecular weight excluding hydrogens is 295 g/mol. The van der Waals surface area contributed by atoms with Gasteiger partial charge in [0.1, 0.15) is 5.82 Å². The SMILES string of the molecule is CNCC1CCN(C(C)c2ccc(F)c(Br)c2)C1. The predicted octanol–water partition coefficient (Wildman–Crippen LogP) is 3.19. The standard InChI is InChI=1S/C14H20BrFN2/c1-10(12-3-4-14(16)13(15)7-12)18-6-5-11(9-18)8-17-2/h3-4,7,10-11,17H,5-6,8-9H2,1-2H3. The van der Waals surface area contributed by atoms with Gasteiger partial charge in [-0.25, -0.2) is 4.39 Å². The summed E-state index contributed by atoms with van der Waals surface area (Å²) in [6.45, 7) is 5.53. The van der Waals surface area contributed by atoms with E-state index in [1.807, 2.05) is 19.2 Å². The van der Waals surface area contributed by atoms with Gasteiger partial charge in [0.25, 0.3) is 0 Å². The van der Waals surface area contributed by atoms with Gasteiger partial charge in [0.2, 0.25) is 0 Å². The van der Waals surface area contributed by atoms with Crippen LogP contribution in [0.1, 0.15) is 24.9 Å². The first-order chi connectivity index (χ1) is 8.61. The number of benzene rings is 1. The molecule has 2 rings (SSSR count). The molecule has 1 aliphatic rings. The molecule has 0 radical (unpaired) electrons. The summed E-state index contributed by atoms with van der Waals surface area (Å²) in [5.74, 6) is 0.543. The zero-order valence-electron chi connectivity index (χ0n) is 10.9. The van der Waals surface area contributed by atoms with Gasteiger partial charge in [0.05, 0.1) is 4.47 Å². The fourth-order valence-electron chi connectivity index (χ4n) is 2.65. The number of halogens is 2. The van der Waals surface area contributed by atoms with Crippen LogP contribution in [0.5, 0.6) is 0 Å². The van der Waals surface area contributed by atoms with E-state index in [0.29, 0.717) is 10.5 Å². The minimum absolute atomic E-state index is 0.194. The normalized spacial score (nSPS) is 22.3. The van der Waals surface area contributed by atoms with E-state index in [9.17, 15) is 4.39 Å². The van der Waals surface area contributed by atoms with Crippen molar-refractivity contribution in [2.45, 2.75) is 19.4 Å². The van der Waals surface area contributed by atoms with Gasteiger partial charge in [-0.3, -0.25) is 4.90 Å². The molecule has 1 heterocycles. The van der Waals surface area contributed by atoms with Crippen molar-refractivity contribution in [1.82, 2.24) is 10.2 Å². The Morgan fingerprint density at radius 3 is 3.00 bits per heavy atom. The number of hydrogen-bond donors (Lipinski definition) is 1. The molecule has 0 aliphatic carbocycles. The molecule has 0 aromatic heterocycles. The number of nitrogens with one attached hydrogen (secondary N) is 1. The third kappa shape index (κ3) is 3.11. The number of likely N-dealkylation sites (tertiary alicyclic amines) is 1. The van der Waals surface area contributed by atoms with Crippen LogP contribution >= 0.6 is 15.9 Å². The van der Waals surface area contributed by atoms with Crippen LogP contribution in [0.2, 0.25) is 0 Å². The third-order valence-electron chi connectivity index (χ3n) is 3.78. The Balaban J connectivity index is 2.03. The van der Waals surface area contributed by atoms with E-state index in [4.69, 9.17) is 0 Å². The van der Waals surface area contributed by atoms with Crippen molar-refractivity contribution in [2.75, 3.05) is 26.7 Å². The van der Waals surface area contributed by atoms with Gasteiger partial charge in [-0.1, -0.05) is 6.07 Å². The van der Waals surface area contributed by atoms with Gasteiger partial charge in [-0.05, 0) is 73.0 Å². The molecule has 0 bridgehead atoms. The van der Waals surface area contributed by atoms with Crippen molar-refractivity contribution in [3.63, 3.8) is 0 Å². The Labute approximate surface area is 117 Å². The Morgan fingerprint density at radius 1 is 1.56 bits per heavy atom. The molecule has 0 saturated carbocycles. The van der Waals surface area contributed by atoms with E-state index < -0.39 is 0 Å². The smallest absolute Gasteiger partial charge is 0.137 e. The second-order valence-electron chi connectivity index (χ2n) is 5.06. The molecule has 2 unspecified atom stereocenters. The first kappa shape index (κ1) is 14.0. The highest BCUT2D eigenvalue weighted by Crippen LogP contribution is 2.29. The van der Waals surface area contributed by atoms with Crippen LogP contribution in [0.25, 0.3) is 0 Å².